The maximum Gasteiger partial charge on any atom is 0.305 e. The normalized spacial score (nSPS) is 32.3. The van der Waals surface area contributed by atoms with Gasteiger partial charge in [-0.2, -0.15) is 0 Å². The third-order valence-corrected chi connectivity index (χ3v) is 8.16. The van der Waals surface area contributed by atoms with Crippen LogP contribution in [0.25, 0.3) is 0 Å². The molecular formula is C33H58O14. The number of carbonyl (C=O) groups excluding carboxylic acids is 1. The predicted molar refractivity (Wildman–Crippen MR) is 169 cm³/mol. The number of aliphatic hydroxyl groups is 8. The Morgan fingerprint density at radius 3 is 1.87 bits per heavy atom. The molecule has 0 unspecified atom stereocenters. The van der Waals surface area contributed by atoms with Crippen LogP contribution in [0.1, 0.15) is 84.0 Å². The molecule has 0 saturated carbocycles. The zero-order valence-electron chi connectivity index (χ0n) is 27.5. The fourth-order valence-electron chi connectivity index (χ4n) is 5.18. The van der Waals surface area contributed by atoms with E-state index in [4.69, 9.17) is 23.7 Å². The van der Waals surface area contributed by atoms with Crippen molar-refractivity contribution in [3.8, 4) is 0 Å². The zero-order valence-corrected chi connectivity index (χ0v) is 27.5. The smallest absolute Gasteiger partial charge is 0.305 e. The Balaban J connectivity index is 1.58. The Bertz CT molecular complexity index is 885. The summed E-state index contributed by atoms with van der Waals surface area (Å²) in [6.45, 7) is 0.250. The summed E-state index contributed by atoms with van der Waals surface area (Å²) in [6, 6.07) is 0. The van der Waals surface area contributed by atoms with E-state index in [0.29, 0.717) is 6.42 Å². The summed E-state index contributed by atoms with van der Waals surface area (Å²) in [5, 5.41) is 80.3. The molecule has 2 heterocycles. The minimum Gasteiger partial charge on any atom is -0.463 e. The van der Waals surface area contributed by atoms with Crippen LogP contribution in [-0.2, 0) is 28.5 Å². The highest BCUT2D eigenvalue weighted by molar-refractivity contribution is 5.69. The van der Waals surface area contributed by atoms with Crippen molar-refractivity contribution in [3.63, 3.8) is 0 Å². The van der Waals surface area contributed by atoms with Gasteiger partial charge in [0, 0.05) is 6.42 Å². The van der Waals surface area contributed by atoms with Crippen LogP contribution in [0.4, 0.5) is 0 Å². The van der Waals surface area contributed by atoms with Crippen molar-refractivity contribution in [3.05, 3.63) is 24.3 Å². The molecule has 2 fully saturated rings. The first-order chi connectivity index (χ1) is 22.6. The zero-order chi connectivity index (χ0) is 34.6. The molecule has 2 saturated heterocycles. The molecule has 0 aliphatic carbocycles. The fraction of sp³-hybridized carbons (Fsp3) is 0.848. The van der Waals surface area contributed by atoms with Gasteiger partial charge in [-0.3, -0.25) is 4.79 Å². The molecule has 0 aromatic heterocycles. The second kappa shape index (κ2) is 23.8. The molecule has 0 amide bonds. The van der Waals surface area contributed by atoms with E-state index in [2.05, 4.69) is 31.2 Å². The molecule has 11 atom stereocenters. The summed E-state index contributed by atoms with van der Waals surface area (Å²) in [6.07, 6.45) is 4.08. The Hall–Kier alpha value is -1.53. The quantitative estimate of drug-likeness (QED) is 0.0415. The first kappa shape index (κ1) is 41.6. The van der Waals surface area contributed by atoms with E-state index in [1.54, 1.807) is 0 Å². The van der Waals surface area contributed by atoms with E-state index >= 15 is 0 Å². The molecule has 8 N–H and O–H groups in total. The number of esters is 1. The van der Waals surface area contributed by atoms with Crippen LogP contribution in [0, 0.1) is 0 Å². The average Bonchev–Trinajstić information content (AvgIpc) is 3.06. The molecule has 2 aliphatic heterocycles. The van der Waals surface area contributed by atoms with Gasteiger partial charge in [-0.05, 0) is 38.5 Å². The molecule has 14 nitrogen and oxygen atoms in total. The molecule has 274 valence electrons. The highest BCUT2D eigenvalue weighted by Crippen LogP contribution is 2.26. The van der Waals surface area contributed by atoms with Crippen molar-refractivity contribution in [1.29, 1.82) is 0 Å². The van der Waals surface area contributed by atoms with Gasteiger partial charge in [0.05, 0.1) is 19.8 Å². The number of unbranched alkanes of at least 4 members (excludes halogenated alkanes) is 8. The first-order valence-corrected chi connectivity index (χ1v) is 17.0. The topological polar surface area (TPSA) is 225 Å². The second-order valence-electron chi connectivity index (χ2n) is 12.2. The number of rotatable bonds is 23. The Morgan fingerprint density at radius 1 is 0.681 bits per heavy atom. The molecule has 14 heteroatoms. The largest absolute Gasteiger partial charge is 0.463 e. The third kappa shape index (κ3) is 15.3. The summed E-state index contributed by atoms with van der Waals surface area (Å²) in [7, 11) is 0. The Morgan fingerprint density at radius 2 is 1.23 bits per heavy atom. The van der Waals surface area contributed by atoms with Crippen LogP contribution in [0.15, 0.2) is 24.3 Å². The lowest BCUT2D eigenvalue weighted by atomic mass is 9.98. The molecule has 0 spiro atoms. The number of ether oxygens (including phenoxy) is 5. The standard InChI is InChI=1S/C33H58O14/c1-2-3-4-5-6-7-8-9-10-11-12-13-14-15-16-17-25(36)43-19-22(35)20-44-32-31(42)29(40)27(38)24(47-32)21-45-33-30(41)28(39)26(37)23(18-34)46-33/h6-7,9-10,22-24,26-35,37-42H,2-5,8,11-21H2,1H3/t22-,23-,24-,26+,27+,28+,29+,30-,31-,32-,33+/m1/s1. The SMILES string of the molecule is CCCCCC=CCC=CCCCCCCCC(=O)OC[C@@H](O)CO[C@@H]1O[C@H](CO[C@H]2O[C@H](CO)[C@H](O)[C@H](O)[C@H]2O)[C@H](O)[C@H](O)[C@H]1O. The molecule has 2 aliphatic rings. The first-order valence-electron chi connectivity index (χ1n) is 17.0. The van der Waals surface area contributed by atoms with Gasteiger partial charge in [-0.25, -0.2) is 0 Å². The van der Waals surface area contributed by atoms with Gasteiger partial charge < -0.3 is 64.5 Å². The van der Waals surface area contributed by atoms with E-state index in [1.807, 2.05) is 0 Å². The highest BCUT2D eigenvalue weighted by Gasteiger charge is 2.47. The summed E-state index contributed by atoms with van der Waals surface area (Å²) in [5.41, 5.74) is 0. The fourth-order valence-corrected chi connectivity index (χ4v) is 5.18. The highest BCUT2D eigenvalue weighted by atomic mass is 16.7. The lowest BCUT2D eigenvalue weighted by molar-refractivity contribution is -0.332. The molecule has 0 bridgehead atoms. The maximum atomic E-state index is 12.1. The van der Waals surface area contributed by atoms with Gasteiger partial charge in [0.2, 0.25) is 0 Å². The third-order valence-electron chi connectivity index (χ3n) is 8.16. The Kier molecular flexibility index (Phi) is 21.1. The number of hydrogen-bond acceptors (Lipinski definition) is 14. The average molecular weight is 679 g/mol. The second-order valence-corrected chi connectivity index (χ2v) is 12.2. The lowest BCUT2D eigenvalue weighted by Gasteiger charge is -2.42. The van der Waals surface area contributed by atoms with E-state index in [-0.39, 0.29) is 13.0 Å². The Labute approximate surface area is 277 Å². The van der Waals surface area contributed by atoms with E-state index < -0.39 is 93.3 Å². The van der Waals surface area contributed by atoms with Crippen molar-refractivity contribution in [1.82, 2.24) is 0 Å². The molecule has 2 rings (SSSR count). The summed E-state index contributed by atoms with van der Waals surface area (Å²) in [5.74, 6) is -0.451. The van der Waals surface area contributed by atoms with E-state index in [1.165, 1.54) is 19.3 Å². The molecule has 0 aromatic carbocycles. The molecule has 47 heavy (non-hydrogen) atoms. The van der Waals surface area contributed by atoms with Crippen LogP contribution in [0.5, 0.6) is 0 Å². The van der Waals surface area contributed by atoms with Crippen LogP contribution in [-0.4, -0.2) is 141 Å². The number of hydrogen-bond donors (Lipinski definition) is 8. The number of allylic oxidation sites excluding steroid dienone is 4. The minimum atomic E-state index is -1.73. The van der Waals surface area contributed by atoms with Gasteiger partial charge in [0.1, 0.15) is 61.5 Å². The predicted octanol–water partition coefficient (Wildman–Crippen LogP) is 0.345. The molecule has 0 aromatic rings. The molecular weight excluding hydrogens is 620 g/mol. The van der Waals surface area contributed by atoms with Crippen molar-refractivity contribution in [2.45, 2.75) is 151 Å². The maximum absolute atomic E-state index is 12.1. The van der Waals surface area contributed by atoms with Crippen LogP contribution in [0.2, 0.25) is 0 Å². The monoisotopic (exact) mass is 678 g/mol. The van der Waals surface area contributed by atoms with Gasteiger partial charge in [-0.1, -0.05) is 63.3 Å². The van der Waals surface area contributed by atoms with Crippen molar-refractivity contribution in [2.24, 2.45) is 0 Å². The van der Waals surface area contributed by atoms with Gasteiger partial charge >= 0.3 is 5.97 Å². The number of carbonyl (C=O) groups is 1. The van der Waals surface area contributed by atoms with Crippen molar-refractivity contribution < 1.29 is 69.3 Å². The lowest BCUT2D eigenvalue weighted by Crippen LogP contribution is -2.61. The summed E-state index contributed by atoms with van der Waals surface area (Å²) >= 11 is 0. The van der Waals surface area contributed by atoms with Crippen LogP contribution < -0.4 is 0 Å². The van der Waals surface area contributed by atoms with Gasteiger partial charge in [-0.15, -0.1) is 0 Å². The van der Waals surface area contributed by atoms with Crippen LogP contribution in [0.3, 0.4) is 0 Å². The minimum absolute atomic E-state index is 0.225. The summed E-state index contributed by atoms with van der Waals surface area (Å²) in [4.78, 5) is 12.1. The van der Waals surface area contributed by atoms with Gasteiger partial charge in [0.15, 0.2) is 12.6 Å². The summed E-state index contributed by atoms with van der Waals surface area (Å²) < 4.78 is 26.6. The van der Waals surface area contributed by atoms with E-state index in [0.717, 1.165) is 44.9 Å². The number of aliphatic hydroxyl groups excluding tert-OH is 8. The van der Waals surface area contributed by atoms with Gasteiger partial charge in [0.25, 0.3) is 0 Å². The molecule has 0 radical (unpaired) electrons. The van der Waals surface area contributed by atoms with E-state index in [9.17, 15) is 45.6 Å². The van der Waals surface area contributed by atoms with Crippen LogP contribution >= 0.6 is 0 Å². The van der Waals surface area contributed by atoms with Crippen molar-refractivity contribution in [2.75, 3.05) is 26.4 Å². The van der Waals surface area contributed by atoms with Crippen molar-refractivity contribution >= 4 is 5.97 Å².